The minimum atomic E-state index is -4.45. The molecule has 8 heteroatoms. The fourth-order valence-corrected chi connectivity index (χ4v) is 1.59. The molecule has 1 atom stereocenters. The van der Waals surface area contributed by atoms with Crippen molar-refractivity contribution in [2.24, 2.45) is 5.92 Å². The molecule has 0 aromatic rings. The monoisotopic (exact) mass is 253 g/mol. The second-order valence-corrected chi connectivity index (χ2v) is 5.56. The van der Waals surface area contributed by atoms with Crippen molar-refractivity contribution in [3.63, 3.8) is 0 Å². The highest BCUT2D eigenvalue weighted by Crippen LogP contribution is 2.33. The van der Waals surface area contributed by atoms with Crippen molar-refractivity contribution in [1.82, 2.24) is 5.32 Å². The molecule has 94 valence electrons. The van der Waals surface area contributed by atoms with E-state index in [0.717, 1.165) is 0 Å². The van der Waals surface area contributed by atoms with E-state index in [0.29, 0.717) is 0 Å². The van der Waals surface area contributed by atoms with Crippen LogP contribution in [0.5, 0.6) is 0 Å². The van der Waals surface area contributed by atoms with Gasteiger partial charge in [0.05, 0.1) is 0 Å². The quantitative estimate of drug-likeness (QED) is 0.485. The first-order chi connectivity index (χ1) is 7.11. The van der Waals surface area contributed by atoms with Gasteiger partial charge in [-0.1, -0.05) is 13.8 Å². The predicted molar refractivity (Wildman–Crippen MR) is 55.9 cm³/mol. The summed E-state index contributed by atoms with van der Waals surface area (Å²) in [6.45, 7) is 3.57. The van der Waals surface area contributed by atoms with Crippen molar-refractivity contribution < 1.29 is 29.0 Å². The number of carbonyl (C=O) groups excluding carboxylic acids is 1. The number of amides is 1. The minimum Gasteiger partial charge on any atom is -0.480 e. The van der Waals surface area contributed by atoms with Crippen molar-refractivity contribution >= 4 is 19.5 Å². The molecule has 0 unspecified atom stereocenters. The zero-order valence-electron chi connectivity index (χ0n) is 9.08. The molecule has 0 aliphatic heterocycles. The summed E-state index contributed by atoms with van der Waals surface area (Å²) in [6.07, 6.45) is -0.781. The molecular formula is C8H16NO6P. The highest BCUT2D eigenvalue weighted by molar-refractivity contribution is 7.52. The molecule has 0 aromatic heterocycles. The minimum absolute atomic E-state index is 0.0523. The standard InChI is InChI=1S/C8H16NO6P/c1-5(2)3-6(8(11)12)9-7(10)4-16(13,14)15/h5-6H,3-4H2,1-2H3,(H,9,10)(H,11,12)(H2,13,14,15)/t6-/m0/s1. The normalized spacial score (nSPS) is 13.6. The lowest BCUT2D eigenvalue weighted by Crippen LogP contribution is -2.42. The number of carbonyl (C=O) groups is 2. The van der Waals surface area contributed by atoms with Gasteiger partial charge in [-0.2, -0.15) is 0 Å². The van der Waals surface area contributed by atoms with Crippen LogP contribution in [0.1, 0.15) is 20.3 Å². The molecule has 0 saturated heterocycles. The largest absolute Gasteiger partial charge is 0.480 e. The van der Waals surface area contributed by atoms with Crippen LogP contribution < -0.4 is 5.32 Å². The van der Waals surface area contributed by atoms with E-state index >= 15 is 0 Å². The van der Waals surface area contributed by atoms with E-state index in [-0.39, 0.29) is 12.3 Å². The molecule has 0 aliphatic rings. The summed E-state index contributed by atoms with van der Waals surface area (Å²) in [5.41, 5.74) is 0. The van der Waals surface area contributed by atoms with E-state index in [1.54, 1.807) is 13.8 Å². The molecule has 0 rings (SSSR count). The molecule has 0 heterocycles. The molecule has 0 radical (unpaired) electrons. The Morgan fingerprint density at radius 3 is 2.12 bits per heavy atom. The third-order valence-electron chi connectivity index (χ3n) is 1.69. The van der Waals surface area contributed by atoms with Crippen molar-refractivity contribution in [2.75, 3.05) is 6.16 Å². The Labute approximate surface area is 93.0 Å². The van der Waals surface area contributed by atoms with E-state index in [1.807, 2.05) is 0 Å². The van der Waals surface area contributed by atoms with Gasteiger partial charge in [-0.05, 0) is 12.3 Å². The summed E-state index contributed by atoms with van der Waals surface area (Å²) < 4.78 is 10.5. The Morgan fingerprint density at radius 2 is 1.81 bits per heavy atom. The van der Waals surface area contributed by atoms with Gasteiger partial charge in [-0.15, -0.1) is 0 Å². The average Bonchev–Trinajstić information content (AvgIpc) is 1.97. The topological polar surface area (TPSA) is 124 Å². The maximum absolute atomic E-state index is 11.1. The molecule has 16 heavy (non-hydrogen) atoms. The summed E-state index contributed by atoms with van der Waals surface area (Å²) in [6, 6.07) is -1.11. The van der Waals surface area contributed by atoms with Crippen molar-refractivity contribution in [3.05, 3.63) is 0 Å². The van der Waals surface area contributed by atoms with Gasteiger partial charge in [0.1, 0.15) is 12.2 Å². The van der Waals surface area contributed by atoms with Crippen LogP contribution in [0.2, 0.25) is 0 Å². The van der Waals surface area contributed by atoms with E-state index in [1.165, 1.54) is 0 Å². The van der Waals surface area contributed by atoms with Crippen LogP contribution in [0, 0.1) is 5.92 Å². The van der Waals surface area contributed by atoms with Gasteiger partial charge in [-0.3, -0.25) is 9.36 Å². The van der Waals surface area contributed by atoms with Crippen LogP contribution in [0.3, 0.4) is 0 Å². The molecule has 0 bridgehead atoms. The maximum Gasteiger partial charge on any atom is 0.334 e. The summed E-state index contributed by atoms with van der Waals surface area (Å²) in [5, 5.41) is 10.8. The Morgan fingerprint density at radius 1 is 1.31 bits per heavy atom. The highest BCUT2D eigenvalue weighted by atomic mass is 31.2. The molecule has 1 amide bonds. The number of rotatable bonds is 6. The molecule has 0 fully saturated rings. The first kappa shape index (κ1) is 15.1. The van der Waals surface area contributed by atoms with Crippen LogP contribution in [0.15, 0.2) is 0 Å². The van der Waals surface area contributed by atoms with E-state index in [9.17, 15) is 14.2 Å². The third-order valence-corrected chi connectivity index (χ3v) is 2.39. The molecule has 4 N–H and O–H groups in total. The van der Waals surface area contributed by atoms with E-state index < -0.39 is 31.7 Å². The Kier molecular flexibility index (Phi) is 5.64. The summed E-state index contributed by atoms with van der Waals surface area (Å²) in [4.78, 5) is 38.9. The molecule has 0 spiro atoms. The first-order valence-electron chi connectivity index (χ1n) is 4.68. The van der Waals surface area contributed by atoms with E-state index in [2.05, 4.69) is 5.32 Å². The lowest BCUT2D eigenvalue weighted by atomic mass is 10.0. The van der Waals surface area contributed by atoms with Crippen molar-refractivity contribution in [1.29, 1.82) is 0 Å². The van der Waals surface area contributed by atoms with Gasteiger partial charge < -0.3 is 20.2 Å². The Balaban J connectivity index is 4.36. The van der Waals surface area contributed by atoms with Gasteiger partial charge in [0.2, 0.25) is 5.91 Å². The number of hydrogen-bond donors (Lipinski definition) is 4. The second kappa shape index (κ2) is 5.98. The molecule has 0 aliphatic carbocycles. The summed E-state index contributed by atoms with van der Waals surface area (Å²) in [7, 11) is -4.45. The average molecular weight is 253 g/mol. The van der Waals surface area contributed by atoms with Crippen molar-refractivity contribution in [2.45, 2.75) is 26.3 Å². The summed E-state index contributed by atoms with van der Waals surface area (Å²) >= 11 is 0. The zero-order valence-corrected chi connectivity index (χ0v) is 9.98. The smallest absolute Gasteiger partial charge is 0.334 e. The summed E-state index contributed by atoms with van der Waals surface area (Å²) in [5.74, 6) is -2.12. The fourth-order valence-electron chi connectivity index (χ4n) is 1.12. The van der Waals surface area contributed by atoms with Gasteiger partial charge >= 0.3 is 13.6 Å². The predicted octanol–water partition coefficient (Wildman–Crippen LogP) is -0.220. The number of carboxylic acid groups (broad SMARTS) is 1. The van der Waals surface area contributed by atoms with Crippen LogP contribution in [-0.4, -0.2) is 39.0 Å². The zero-order chi connectivity index (χ0) is 12.9. The number of carboxylic acids is 1. The first-order valence-corrected chi connectivity index (χ1v) is 6.48. The Hall–Kier alpha value is -0.910. The molecule has 7 nitrogen and oxygen atoms in total. The maximum atomic E-state index is 11.1. The number of hydrogen-bond acceptors (Lipinski definition) is 3. The van der Waals surface area contributed by atoms with Crippen molar-refractivity contribution in [3.8, 4) is 0 Å². The number of aliphatic carboxylic acids is 1. The SMILES string of the molecule is CC(C)C[C@H](NC(=O)CP(=O)(O)O)C(=O)O. The van der Waals surface area contributed by atoms with Crippen LogP contribution in [0.4, 0.5) is 0 Å². The fraction of sp³-hybridized carbons (Fsp3) is 0.750. The van der Waals surface area contributed by atoms with Gasteiger partial charge in [0, 0.05) is 0 Å². The van der Waals surface area contributed by atoms with Gasteiger partial charge in [0.15, 0.2) is 0 Å². The van der Waals surface area contributed by atoms with Crippen LogP contribution in [-0.2, 0) is 14.2 Å². The lowest BCUT2D eigenvalue weighted by molar-refractivity contribution is -0.142. The lowest BCUT2D eigenvalue weighted by Gasteiger charge is -2.16. The van der Waals surface area contributed by atoms with Gasteiger partial charge in [-0.25, -0.2) is 4.79 Å². The Bertz CT molecular complexity index is 310. The molecular weight excluding hydrogens is 237 g/mol. The van der Waals surface area contributed by atoms with Gasteiger partial charge in [0.25, 0.3) is 0 Å². The van der Waals surface area contributed by atoms with E-state index in [4.69, 9.17) is 14.9 Å². The van der Waals surface area contributed by atoms with Crippen LogP contribution >= 0.6 is 7.60 Å². The highest BCUT2D eigenvalue weighted by Gasteiger charge is 2.25. The second-order valence-electron chi connectivity index (χ2n) is 3.91. The third kappa shape index (κ3) is 7.39. The number of nitrogens with one attached hydrogen (secondary N) is 1. The van der Waals surface area contributed by atoms with Crippen LogP contribution in [0.25, 0.3) is 0 Å². The molecule has 0 aromatic carbocycles. The molecule has 0 saturated carbocycles.